The van der Waals surface area contributed by atoms with E-state index in [-0.39, 0.29) is 16.2 Å². The zero-order valence-electron chi connectivity index (χ0n) is 90.5. The average molecular weight is 1860 g/mol. The van der Waals surface area contributed by atoms with E-state index in [9.17, 15) is 0 Å². The van der Waals surface area contributed by atoms with Crippen LogP contribution in [0.5, 0.6) is 0 Å². The number of aryl methyl sites for hydroxylation is 6. The Bertz CT molecular complexity index is 4490. The lowest BCUT2D eigenvalue weighted by Gasteiger charge is -2.37. The topological polar surface area (TPSA) is 9.23 Å². The van der Waals surface area contributed by atoms with Crippen LogP contribution in [0.15, 0.2) is 510 Å². The second-order valence-corrected chi connectivity index (χ2v) is 30.6. The SMILES string of the molecule is CC.CC.CC.CC.CC.CC.CC.CC.CCC.COC.CSC.Cc1ccc(C(C)(C)c2ccc(C)cc2)cc1.Cc1ccc(C(c2ccccc2)(c2ccccc2)c2ccc(C)cc2)cc1.Cc1ccc(C2(c3ccc(C)cc3)c3ccccc3-c3ccccc32)cc1.c1ccccc1.c1ccccc1.c1ccccc1.c1ccccc1.c1ccccc1.c1ccccc1.c1ccccc1. The van der Waals surface area contributed by atoms with E-state index in [0.29, 0.717) is 0 Å². The number of hydrogen-bond acceptors (Lipinski definition) is 2. The number of thioether (sulfide) groups is 1. The molecule has 0 N–H and O–H groups in total. The first-order chi connectivity index (χ1) is 67.7. The molecule has 1 aliphatic carbocycles. The summed E-state index contributed by atoms with van der Waals surface area (Å²) in [6, 6.07) is 177. The lowest BCUT2D eigenvalue weighted by atomic mass is 9.65. The summed E-state index contributed by atoms with van der Waals surface area (Å²) in [7, 11) is 3.25. The standard InChI is InChI=1S/C27H22.C27H24.C17H20.7C6H6.C3H8.C2H6O.C2H6S.8C2H6/c1-19-11-15-21(16-12-19)27(22-17-13-20(2)14-18-22)25-9-5-3-7-23(25)24-8-4-6-10-26(24)27;1-21-13-17-25(18-14-21)27(23-9-5-3-6-10-23,24-11-7-4-8-12-24)26-19-15-22(2)16-20-26;1-13-5-9-15(10-6-13)17(3,4)16-11-7-14(2)8-12-16;7*1-2-4-6-5-3-1;3*1-3-2;8*1-2/h3-18H,1-2H3;3-20H,1-2H3;5-12H,1-4H3;7*1-6H;3H2,1-2H3;2*1-2H3;8*1-2H3. The maximum atomic E-state index is 4.25. The zero-order chi connectivity index (χ0) is 103. The van der Waals surface area contributed by atoms with Gasteiger partial charge < -0.3 is 4.74 Å². The van der Waals surface area contributed by atoms with Gasteiger partial charge in [-0.1, -0.05) is 688 Å². The minimum atomic E-state index is -0.343. The van der Waals surface area contributed by atoms with Crippen LogP contribution in [0.25, 0.3) is 11.1 Å². The molecule has 1 nitrogen and oxygen atoms in total. The Labute approximate surface area is 849 Å². The first kappa shape index (κ1) is 129. The molecule has 0 aromatic heterocycles. The molecule has 0 saturated carbocycles. The predicted molar refractivity (Wildman–Crippen MR) is 626 cm³/mol. The molecular weight excluding hydrogens is 1680 g/mol. The maximum Gasteiger partial charge on any atom is 0.0713 e. The Hall–Kier alpha value is -13.0. The highest BCUT2D eigenvalue weighted by molar-refractivity contribution is 7.97. The Morgan fingerprint density at radius 1 is 0.196 bits per heavy atom. The molecule has 17 aromatic rings. The van der Waals surface area contributed by atoms with E-state index in [4.69, 9.17) is 0 Å². The number of ether oxygens (including phenoxy) is 1. The van der Waals surface area contributed by atoms with Gasteiger partial charge in [0.05, 0.1) is 10.8 Å². The van der Waals surface area contributed by atoms with Gasteiger partial charge in [-0.05, 0) is 121 Å². The third-order valence-electron chi connectivity index (χ3n) is 19.5. The molecule has 0 spiro atoms. The first-order valence-electron chi connectivity index (χ1n) is 50.2. The quantitative estimate of drug-likeness (QED) is 0.140. The number of fused-ring (bicyclic) bond motifs is 3. The van der Waals surface area contributed by atoms with Crippen LogP contribution in [-0.2, 0) is 21.0 Å². The minimum absolute atomic E-state index is 0.0708. The lowest BCUT2D eigenvalue weighted by molar-refractivity contribution is 0.277. The molecule has 0 fully saturated rings. The molecular formula is C136H176OS. The Kier molecular flexibility index (Phi) is 82.4. The third-order valence-corrected chi connectivity index (χ3v) is 19.5. The molecule has 0 heterocycles. The molecule has 0 atom stereocenters. The Morgan fingerprint density at radius 2 is 0.319 bits per heavy atom. The van der Waals surface area contributed by atoms with Crippen LogP contribution in [0, 0.1) is 41.5 Å². The fourth-order valence-electron chi connectivity index (χ4n) is 13.4. The van der Waals surface area contributed by atoms with Crippen molar-refractivity contribution in [2.24, 2.45) is 0 Å². The van der Waals surface area contributed by atoms with Crippen LogP contribution >= 0.6 is 11.8 Å². The first-order valence-corrected chi connectivity index (χ1v) is 51.8. The van der Waals surface area contributed by atoms with Crippen molar-refractivity contribution in [3.8, 4) is 11.1 Å². The second kappa shape index (κ2) is 88.1. The maximum absolute atomic E-state index is 4.25. The summed E-state index contributed by atoms with van der Waals surface area (Å²) in [5.74, 6) is 0. The highest BCUT2D eigenvalue weighted by Gasteiger charge is 2.46. The highest BCUT2D eigenvalue weighted by atomic mass is 32.2. The van der Waals surface area contributed by atoms with Crippen molar-refractivity contribution < 1.29 is 4.74 Å². The molecule has 17 aromatic carbocycles. The van der Waals surface area contributed by atoms with E-state index in [1.807, 2.05) is 378 Å². The van der Waals surface area contributed by atoms with Gasteiger partial charge in [0, 0.05) is 19.6 Å². The third kappa shape index (κ3) is 50.2. The van der Waals surface area contributed by atoms with E-state index >= 15 is 0 Å². The molecule has 0 unspecified atom stereocenters. The van der Waals surface area contributed by atoms with Crippen molar-refractivity contribution in [1.29, 1.82) is 0 Å². The number of hydrogen-bond donors (Lipinski definition) is 0. The highest BCUT2D eigenvalue weighted by Crippen LogP contribution is 2.56. The molecule has 1 aliphatic rings. The molecule has 0 radical (unpaired) electrons. The van der Waals surface area contributed by atoms with Crippen LogP contribution in [0.2, 0.25) is 0 Å². The van der Waals surface area contributed by atoms with Crippen LogP contribution in [-0.4, -0.2) is 26.7 Å². The Morgan fingerprint density at radius 3 is 0.486 bits per heavy atom. The number of benzene rings is 17. The second-order valence-electron chi connectivity index (χ2n) is 29.8. The number of rotatable bonds is 8. The average Bonchev–Trinajstić information content (AvgIpc) is 1.55. The summed E-state index contributed by atoms with van der Waals surface area (Å²) in [4.78, 5) is 0. The van der Waals surface area contributed by atoms with Crippen molar-refractivity contribution in [3.63, 3.8) is 0 Å². The van der Waals surface area contributed by atoms with Crippen molar-refractivity contribution in [2.75, 3.05) is 26.7 Å². The minimum Gasteiger partial charge on any atom is -0.388 e. The summed E-state index contributed by atoms with van der Waals surface area (Å²) in [6.07, 6.45) is 5.33. The molecule has 138 heavy (non-hydrogen) atoms. The van der Waals surface area contributed by atoms with E-state index in [1.54, 1.807) is 26.0 Å². The van der Waals surface area contributed by atoms with E-state index < -0.39 is 0 Å². The molecule has 732 valence electrons. The van der Waals surface area contributed by atoms with Crippen LogP contribution in [0.3, 0.4) is 0 Å². The van der Waals surface area contributed by atoms with Gasteiger partial charge in [0.2, 0.25) is 0 Å². The van der Waals surface area contributed by atoms with Gasteiger partial charge in [-0.2, -0.15) is 11.8 Å². The normalized spacial score (nSPS) is 9.52. The van der Waals surface area contributed by atoms with Gasteiger partial charge in [-0.3, -0.25) is 0 Å². The summed E-state index contributed by atoms with van der Waals surface area (Å²) in [5.41, 5.74) is 23.2. The van der Waals surface area contributed by atoms with Gasteiger partial charge in [-0.15, -0.1) is 0 Å². The molecule has 18 rings (SSSR count). The molecule has 2 heteroatoms. The van der Waals surface area contributed by atoms with Gasteiger partial charge >= 0.3 is 0 Å². The molecule has 0 bridgehead atoms. The largest absolute Gasteiger partial charge is 0.388 e. The van der Waals surface area contributed by atoms with Crippen molar-refractivity contribution in [1.82, 2.24) is 0 Å². The summed E-state index contributed by atoms with van der Waals surface area (Å²) < 4.78 is 4.25. The van der Waals surface area contributed by atoms with Crippen LogP contribution in [0.4, 0.5) is 0 Å². The predicted octanol–water partition coefficient (Wildman–Crippen LogP) is 40.7. The van der Waals surface area contributed by atoms with Crippen molar-refractivity contribution in [2.45, 2.75) is 203 Å². The summed E-state index contributed by atoms with van der Waals surface area (Å²) in [5, 5.41) is 0. The van der Waals surface area contributed by atoms with Crippen LogP contribution in [0.1, 0.15) is 234 Å². The number of methoxy groups -OCH3 is 1. The molecule has 0 amide bonds. The lowest BCUT2D eigenvalue weighted by Crippen LogP contribution is -2.31. The zero-order valence-corrected chi connectivity index (χ0v) is 91.3. The summed E-state index contributed by atoms with van der Waals surface area (Å²) >= 11 is 1.75. The van der Waals surface area contributed by atoms with Gasteiger partial charge in [-0.25, -0.2) is 0 Å². The van der Waals surface area contributed by atoms with E-state index in [2.05, 4.69) is 329 Å². The Balaban J connectivity index is -0.00000151. The molecule has 0 aliphatic heterocycles. The smallest absolute Gasteiger partial charge is 0.0713 e. The monoisotopic (exact) mass is 1860 g/mol. The fraction of sp³-hybridized carbons (Fsp3) is 0.250. The van der Waals surface area contributed by atoms with Gasteiger partial charge in [0.25, 0.3) is 0 Å². The van der Waals surface area contributed by atoms with Crippen LogP contribution < -0.4 is 0 Å². The molecule has 0 saturated heterocycles. The van der Waals surface area contributed by atoms with Gasteiger partial charge in [0.15, 0.2) is 0 Å². The summed E-state index contributed by atoms with van der Waals surface area (Å²) in [6.45, 7) is 53.7. The van der Waals surface area contributed by atoms with E-state index in [0.717, 1.165) is 0 Å². The fourth-order valence-corrected chi connectivity index (χ4v) is 13.4. The van der Waals surface area contributed by atoms with E-state index in [1.165, 1.54) is 107 Å². The van der Waals surface area contributed by atoms with Gasteiger partial charge in [0.1, 0.15) is 0 Å². The van der Waals surface area contributed by atoms with Crippen molar-refractivity contribution in [3.05, 3.63) is 599 Å². The van der Waals surface area contributed by atoms with Crippen molar-refractivity contribution >= 4 is 11.8 Å².